The van der Waals surface area contributed by atoms with Crippen molar-refractivity contribution in [1.82, 2.24) is 10.6 Å². The Labute approximate surface area is 199 Å². The Kier molecular flexibility index (Phi) is 7.83. The Morgan fingerprint density at radius 2 is 1.59 bits per heavy atom. The second-order valence-electron chi connectivity index (χ2n) is 9.17. The molecular weight excluding hydrogens is 432 g/mol. The zero-order chi connectivity index (χ0) is 23.9. The van der Waals surface area contributed by atoms with Gasteiger partial charge >= 0.3 is 12.1 Å². The molecule has 7 nitrogen and oxygen atoms in total. The molecule has 3 N–H and O–H groups in total. The zero-order valence-corrected chi connectivity index (χ0v) is 19.3. The molecule has 2 aromatic rings. The maximum Gasteiger partial charge on any atom is 0.407 e. The molecule has 0 saturated heterocycles. The summed E-state index contributed by atoms with van der Waals surface area (Å²) in [5.74, 6) is -0.906. The van der Waals surface area contributed by atoms with E-state index < -0.39 is 12.1 Å². The Morgan fingerprint density at radius 3 is 2.26 bits per heavy atom. The number of aliphatic carboxylic acids is 1. The summed E-state index contributed by atoms with van der Waals surface area (Å²) in [5.41, 5.74) is 4.72. The van der Waals surface area contributed by atoms with E-state index in [4.69, 9.17) is 9.84 Å². The van der Waals surface area contributed by atoms with Crippen molar-refractivity contribution in [2.45, 2.75) is 56.9 Å². The number of benzene rings is 2. The maximum atomic E-state index is 12.7. The number of hydrogen-bond donors (Lipinski definition) is 3. The number of nitrogens with one attached hydrogen (secondary N) is 2. The summed E-state index contributed by atoms with van der Waals surface area (Å²) in [7, 11) is 0. The molecule has 0 spiro atoms. The third kappa shape index (κ3) is 5.76. The molecule has 34 heavy (non-hydrogen) atoms. The molecule has 4 rings (SSSR count). The first-order valence-electron chi connectivity index (χ1n) is 12.1. The van der Waals surface area contributed by atoms with Crippen LogP contribution < -0.4 is 10.6 Å². The first kappa shape index (κ1) is 23.8. The van der Waals surface area contributed by atoms with Crippen molar-refractivity contribution >= 4 is 18.0 Å². The smallest absolute Gasteiger partial charge is 0.407 e. The molecule has 1 fully saturated rings. The second-order valence-corrected chi connectivity index (χ2v) is 9.17. The predicted molar refractivity (Wildman–Crippen MR) is 128 cm³/mol. The van der Waals surface area contributed by atoms with Crippen LogP contribution in [0.4, 0.5) is 4.79 Å². The summed E-state index contributed by atoms with van der Waals surface area (Å²) in [6.07, 6.45) is 4.05. The molecule has 0 unspecified atom stereocenters. The highest BCUT2D eigenvalue weighted by molar-refractivity contribution is 5.79. The number of hydrogen-bond acceptors (Lipinski definition) is 4. The molecule has 0 bridgehead atoms. The van der Waals surface area contributed by atoms with Crippen LogP contribution in [-0.4, -0.2) is 42.3 Å². The van der Waals surface area contributed by atoms with Crippen LogP contribution in [0.1, 0.15) is 62.0 Å². The lowest BCUT2D eigenvalue weighted by Crippen LogP contribution is -2.44. The maximum absolute atomic E-state index is 12.7. The van der Waals surface area contributed by atoms with E-state index in [1.807, 2.05) is 24.3 Å². The van der Waals surface area contributed by atoms with Crippen LogP contribution in [0.25, 0.3) is 11.1 Å². The molecule has 2 aliphatic rings. The van der Waals surface area contributed by atoms with Crippen molar-refractivity contribution in [3.05, 3.63) is 59.7 Å². The van der Waals surface area contributed by atoms with Gasteiger partial charge < -0.3 is 20.5 Å². The summed E-state index contributed by atoms with van der Waals surface area (Å²) >= 11 is 0. The summed E-state index contributed by atoms with van der Waals surface area (Å²) < 4.78 is 5.69. The number of fused-ring (bicyclic) bond motifs is 3. The minimum absolute atomic E-state index is 0.0110. The van der Waals surface area contributed by atoms with E-state index in [1.54, 1.807) is 0 Å². The normalized spacial score (nSPS) is 19.1. The standard InChI is InChI=1S/C27H32N2O5/c30-25(28-15-7-14-26(31)32)16-18-8-1-6-13-24(18)29-27(33)34-17-23-21-11-4-2-9-19(21)20-10-3-5-12-22(20)23/h2-5,9-12,18,23-24H,1,6-8,13-17H2,(H,28,30)(H,29,33)(H,31,32)/t18-,24-/m1/s1. The Morgan fingerprint density at radius 1 is 0.941 bits per heavy atom. The van der Waals surface area contributed by atoms with Crippen LogP contribution in [-0.2, 0) is 14.3 Å². The molecule has 180 valence electrons. The SMILES string of the molecule is O=C(O)CCCNC(=O)C[C@H]1CCCC[C@H]1NC(=O)OCC1c2ccccc2-c2ccccc21. The lowest BCUT2D eigenvalue weighted by atomic mass is 9.82. The number of amides is 2. The fourth-order valence-electron chi connectivity index (χ4n) is 5.21. The summed E-state index contributed by atoms with van der Waals surface area (Å²) in [6, 6.07) is 16.4. The van der Waals surface area contributed by atoms with Crippen molar-refractivity contribution < 1.29 is 24.2 Å². The number of ether oxygens (including phenoxy) is 1. The molecule has 1 saturated carbocycles. The van der Waals surface area contributed by atoms with Crippen molar-refractivity contribution in [3.63, 3.8) is 0 Å². The molecule has 2 aromatic carbocycles. The van der Waals surface area contributed by atoms with E-state index in [0.29, 0.717) is 19.4 Å². The first-order chi connectivity index (χ1) is 16.5. The largest absolute Gasteiger partial charge is 0.481 e. The van der Waals surface area contributed by atoms with Gasteiger partial charge in [-0.05, 0) is 47.4 Å². The lowest BCUT2D eigenvalue weighted by Gasteiger charge is -2.31. The zero-order valence-electron chi connectivity index (χ0n) is 19.3. The minimum atomic E-state index is -0.867. The van der Waals surface area contributed by atoms with Gasteiger partial charge in [-0.3, -0.25) is 9.59 Å². The number of carbonyl (C=O) groups excluding carboxylic acids is 2. The van der Waals surface area contributed by atoms with Gasteiger partial charge in [0, 0.05) is 31.3 Å². The van der Waals surface area contributed by atoms with E-state index in [-0.39, 0.29) is 36.8 Å². The molecule has 0 aromatic heterocycles. The Hall–Kier alpha value is -3.35. The molecular formula is C27H32N2O5. The number of rotatable bonds is 9. The molecule has 0 heterocycles. The molecule has 2 amide bonds. The van der Waals surface area contributed by atoms with Gasteiger partial charge in [0.2, 0.25) is 5.91 Å². The Bertz CT molecular complexity index is 992. The fraction of sp³-hybridized carbons (Fsp3) is 0.444. The summed E-state index contributed by atoms with van der Waals surface area (Å²) in [5, 5.41) is 14.5. The van der Waals surface area contributed by atoms with E-state index in [9.17, 15) is 14.4 Å². The number of alkyl carbamates (subject to hydrolysis) is 1. The van der Waals surface area contributed by atoms with Crippen LogP contribution in [0.15, 0.2) is 48.5 Å². The summed E-state index contributed by atoms with van der Waals surface area (Å²) in [6.45, 7) is 0.615. The van der Waals surface area contributed by atoms with E-state index in [1.165, 1.54) is 22.3 Å². The van der Waals surface area contributed by atoms with Crippen LogP contribution >= 0.6 is 0 Å². The third-order valence-corrected chi connectivity index (χ3v) is 6.89. The average molecular weight is 465 g/mol. The molecule has 7 heteroatoms. The summed E-state index contributed by atoms with van der Waals surface area (Å²) in [4.78, 5) is 35.6. The van der Waals surface area contributed by atoms with Crippen molar-refractivity contribution in [3.8, 4) is 11.1 Å². The van der Waals surface area contributed by atoms with Gasteiger partial charge in [-0.1, -0.05) is 61.4 Å². The molecule has 0 aliphatic heterocycles. The van der Waals surface area contributed by atoms with Crippen LogP contribution in [0.5, 0.6) is 0 Å². The quantitative estimate of drug-likeness (QED) is 0.476. The van der Waals surface area contributed by atoms with Gasteiger partial charge in [0.1, 0.15) is 6.61 Å². The average Bonchev–Trinajstić information content (AvgIpc) is 3.15. The molecule has 2 aliphatic carbocycles. The predicted octanol–water partition coefficient (Wildman–Crippen LogP) is 4.46. The number of carbonyl (C=O) groups is 3. The van der Waals surface area contributed by atoms with Crippen molar-refractivity contribution in [1.29, 1.82) is 0 Å². The topological polar surface area (TPSA) is 105 Å². The molecule has 2 atom stereocenters. The van der Waals surface area contributed by atoms with Gasteiger partial charge in [0.15, 0.2) is 0 Å². The van der Waals surface area contributed by atoms with E-state index >= 15 is 0 Å². The monoisotopic (exact) mass is 464 g/mol. The minimum Gasteiger partial charge on any atom is -0.481 e. The Balaban J connectivity index is 1.30. The molecule has 0 radical (unpaired) electrons. The van der Waals surface area contributed by atoms with Crippen LogP contribution in [0, 0.1) is 5.92 Å². The van der Waals surface area contributed by atoms with Gasteiger partial charge in [0.25, 0.3) is 0 Å². The van der Waals surface area contributed by atoms with E-state index in [0.717, 1.165) is 25.7 Å². The lowest BCUT2D eigenvalue weighted by molar-refractivity contribution is -0.137. The van der Waals surface area contributed by atoms with Crippen LogP contribution in [0.3, 0.4) is 0 Å². The van der Waals surface area contributed by atoms with Gasteiger partial charge in [-0.15, -0.1) is 0 Å². The van der Waals surface area contributed by atoms with Gasteiger partial charge in [-0.25, -0.2) is 4.79 Å². The van der Waals surface area contributed by atoms with Gasteiger partial charge in [-0.2, -0.15) is 0 Å². The number of carboxylic acids is 1. The first-order valence-corrected chi connectivity index (χ1v) is 12.1. The fourth-order valence-corrected chi connectivity index (χ4v) is 5.21. The second kappa shape index (κ2) is 11.2. The highest BCUT2D eigenvalue weighted by Crippen LogP contribution is 2.44. The van der Waals surface area contributed by atoms with Gasteiger partial charge in [0.05, 0.1) is 0 Å². The van der Waals surface area contributed by atoms with E-state index in [2.05, 4.69) is 34.9 Å². The number of carboxylic acid groups (broad SMARTS) is 1. The third-order valence-electron chi connectivity index (χ3n) is 6.89. The highest BCUT2D eigenvalue weighted by atomic mass is 16.5. The van der Waals surface area contributed by atoms with Crippen molar-refractivity contribution in [2.24, 2.45) is 5.92 Å². The van der Waals surface area contributed by atoms with Crippen molar-refractivity contribution in [2.75, 3.05) is 13.2 Å². The van der Waals surface area contributed by atoms with Crippen LogP contribution in [0.2, 0.25) is 0 Å². The highest BCUT2D eigenvalue weighted by Gasteiger charge is 2.31.